The summed E-state index contributed by atoms with van der Waals surface area (Å²) in [7, 11) is 0. The van der Waals surface area contributed by atoms with Crippen molar-refractivity contribution < 1.29 is 9.84 Å². The minimum absolute atomic E-state index is 0.202. The van der Waals surface area contributed by atoms with E-state index < -0.39 is 0 Å². The number of aliphatic hydroxyl groups excluding tert-OH is 1. The zero-order chi connectivity index (χ0) is 15.1. The molecular formula is C16H11ClN2O2. The predicted octanol–water partition coefficient (Wildman–Crippen LogP) is 2.53. The molecule has 2 aromatic rings. The molecule has 0 atom stereocenters. The van der Waals surface area contributed by atoms with E-state index in [2.05, 4.69) is 16.8 Å². The van der Waals surface area contributed by atoms with Crippen LogP contribution in [0.1, 0.15) is 16.7 Å². The first kappa shape index (κ1) is 14.9. The van der Waals surface area contributed by atoms with Gasteiger partial charge in [0.25, 0.3) is 0 Å². The molecule has 0 aliphatic rings. The second-order valence-electron chi connectivity index (χ2n) is 4.08. The lowest BCUT2D eigenvalue weighted by Gasteiger charge is -2.08. The maximum absolute atomic E-state index is 8.78. The number of pyridine rings is 1. The second-order valence-corrected chi connectivity index (χ2v) is 4.48. The molecule has 2 rings (SSSR count). The quantitative estimate of drug-likeness (QED) is 0.884. The average Bonchev–Trinajstić information content (AvgIpc) is 2.52. The fourth-order valence-corrected chi connectivity index (χ4v) is 1.84. The SMILES string of the molecule is N#Cc1ccc(COc2cncc(C#CCO)c2)c(Cl)c1. The molecule has 1 heterocycles. The Kier molecular flexibility index (Phi) is 5.17. The van der Waals surface area contributed by atoms with Crippen molar-refractivity contribution in [2.24, 2.45) is 0 Å². The van der Waals surface area contributed by atoms with Crippen molar-refractivity contribution in [3.63, 3.8) is 0 Å². The molecule has 4 nitrogen and oxygen atoms in total. The zero-order valence-electron chi connectivity index (χ0n) is 11.0. The number of aliphatic hydroxyl groups is 1. The highest BCUT2D eigenvalue weighted by Crippen LogP contribution is 2.20. The second kappa shape index (κ2) is 7.31. The van der Waals surface area contributed by atoms with Gasteiger partial charge >= 0.3 is 0 Å². The van der Waals surface area contributed by atoms with E-state index in [1.54, 1.807) is 36.7 Å². The zero-order valence-corrected chi connectivity index (χ0v) is 11.8. The molecule has 1 N–H and O–H groups in total. The standard InChI is InChI=1S/C16H11ClN2O2/c17-16-7-12(8-18)3-4-14(16)11-21-15-6-13(2-1-5-20)9-19-10-15/h3-4,6-7,9-10,20H,5,11H2. The number of benzene rings is 1. The van der Waals surface area contributed by atoms with Crippen molar-refractivity contribution in [3.8, 4) is 23.7 Å². The monoisotopic (exact) mass is 298 g/mol. The van der Waals surface area contributed by atoms with Crippen LogP contribution in [-0.2, 0) is 6.61 Å². The van der Waals surface area contributed by atoms with Gasteiger partial charge in [0.2, 0.25) is 0 Å². The normalized spacial score (nSPS) is 9.38. The maximum atomic E-state index is 8.78. The number of nitrogens with zero attached hydrogens (tertiary/aromatic N) is 2. The third-order valence-electron chi connectivity index (χ3n) is 2.60. The predicted molar refractivity (Wildman–Crippen MR) is 78.7 cm³/mol. The number of rotatable bonds is 3. The number of aromatic nitrogens is 1. The molecular weight excluding hydrogens is 288 g/mol. The van der Waals surface area contributed by atoms with Gasteiger partial charge in [-0.1, -0.05) is 29.5 Å². The van der Waals surface area contributed by atoms with Crippen molar-refractivity contribution in [2.45, 2.75) is 6.61 Å². The van der Waals surface area contributed by atoms with Crippen molar-refractivity contribution in [3.05, 3.63) is 58.4 Å². The summed E-state index contributed by atoms with van der Waals surface area (Å²) in [4.78, 5) is 4.01. The van der Waals surface area contributed by atoms with Crippen LogP contribution in [0.5, 0.6) is 5.75 Å². The third-order valence-corrected chi connectivity index (χ3v) is 2.95. The molecule has 0 radical (unpaired) electrons. The van der Waals surface area contributed by atoms with Gasteiger partial charge in [0, 0.05) is 22.3 Å². The summed E-state index contributed by atoms with van der Waals surface area (Å²) in [6.45, 7) is 0.0645. The highest BCUT2D eigenvalue weighted by atomic mass is 35.5. The molecule has 0 saturated carbocycles. The van der Waals surface area contributed by atoms with Crippen LogP contribution >= 0.6 is 11.6 Å². The van der Waals surface area contributed by atoms with E-state index in [-0.39, 0.29) is 13.2 Å². The lowest BCUT2D eigenvalue weighted by Crippen LogP contribution is -1.97. The number of hydrogen-bond donors (Lipinski definition) is 1. The molecule has 104 valence electrons. The van der Waals surface area contributed by atoms with Gasteiger partial charge in [-0.2, -0.15) is 5.26 Å². The number of nitriles is 1. The Balaban J connectivity index is 2.08. The Morgan fingerprint density at radius 3 is 2.81 bits per heavy atom. The summed E-state index contributed by atoms with van der Waals surface area (Å²) in [5.41, 5.74) is 1.95. The van der Waals surface area contributed by atoms with Crippen LogP contribution in [0.3, 0.4) is 0 Å². The van der Waals surface area contributed by atoms with Gasteiger partial charge in [-0.15, -0.1) is 0 Å². The highest BCUT2D eigenvalue weighted by Gasteiger charge is 2.03. The van der Waals surface area contributed by atoms with Crippen molar-refractivity contribution >= 4 is 11.6 Å². The lowest BCUT2D eigenvalue weighted by molar-refractivity contribution is 0.305. The van der Waals surface area contributed by atoms with Crippen LogP contribution in [0.25, 0.3) is 0 Å². The lowest BCUT2D eigenvalue weighted by atomic mass is 10.1. The van der Waals surface area contributed by atoms with Crippen molar-refractivity contribution in [1.29, 1.82) is 5.26 Å². The van der Waals surface area contributed by atoms with E-state index in [9.17, 15) is 0 Å². The van der Waals surface area contributed by atoms with Gasteiger partial charge < -0.3 is 9.84 Å². The molecule has 0 bridgehead atoms. The smallest absolute Gasteiger partial charge is 0.139 e. The van der Waals surface area contributed by atoms with Gasteiger partial charge in [-0.05, 0) is 18.2 Å². The summed E-state index contributed by atoms with van der Waals surface area (Å²) < 4.78 is 5.61. The van der Waals surface area contributed by atoms with E-state index in [0.29, 0.717) is 21.9 Å². The van der Waals surface area contributed by atoms with E-state index in [1.807, 2.05) is 6.07 Å². The number of ether oxygens (including phenoxy) is 1. The molecule has 0 aliphatic heterocycles. The minimum atomic E-state index is -0.202. The van der Waals surface area contributed by atoms with Crippen molar-refractivity contribution in [2.75, 3.05) is 6.61 Å². The minimum Gasteiger partial charge on any atom is -0.487 e. The first-order chi connectivity index (χ1) is 10.2. The molecule has 0 saturated heterocycles. The van der Waals surface area contributed by atoms with Gasteiger partial charge in [0.05, 0.1) is 17.8 Å². The summed E-state index contributed by atoms with van der Waals surface area (Å²) in [6.07, 6.45) is 3.16. The van der Waals surface area contributed by atoms with Gasteiger partial charge in [0.1, 0.15) is 19.0 Å². The van der Waals surface area contributed by atoms with Crippen LogP contribution in [0, 0.1) is 23.2 Å². The summed E-state index contributed by atoms with van der Waals surface area (Å²) in [5, 5.41) is 17.9. The van der Waals surface area contributed by atoms with Crippen LogP contribution in [0.2, 0.25) is 5.02 Å². The van der Waals surface area contributed by atoms with E-state index >= 15 is 0 Å². The Labute approximate surface area is 127 Å². The molecule has 0 fully saturated rings. The molecule has 0 aliphatic carbocycles. The van der Waals surface area contributed by atoms with Crippen LogP contribution in [0.4, 0.5) is 0 Å². The van der Waals surface area contributed by atoms with E-state index in [0.717, 1.165) is 5.56 Å². The Morgan fingerprint density at radius 1 is 1.24 bits per heavy atom. The molecule has 0 unspecified atom stereocenters. The summed E-state index contributed by atoms with van der Waals surface area (Å²) >= 11 is 6.08. The van der Waals surface area contributed by atoms with Gasteiger partial charge in [-0.25, -0.2) is 0 Å². The third kappa shape index (κ3) is 4.22. The first-order valence-electron chi connectivity index (χ1n) is 6.09. The highest BCUT2D eigenvalue weighted by molar-refractivity contribution is 6.31. The first-order valence-corrected chi connectivity index (χ1v) is 6.47. The molecule has 21 heavy (non-hydrogen) atoms. The molecule has 1 aromatic carbocycles. The van der Waals surface area contributed by atoms with Gasteiger partial charge in [0.15, 0.2) is 0 Å². The fourth-order valence-electron chi connectivity index (χ4n) is 1.60. The molecule has 0 spiro atoms. The molecule has 5 heteroatoms. The van der Waals surface area contributed by atoms with E-state index in [4.69, 9.17) is 26.7 Å². The molecule has 1 aromatic heterocycles. The maximum Gasteiger partial charge on any atom is 0.139 e. The van der Waals surface area contributed by atoms with Crippen LogP contribution in [-0.4, -0.2) is 16.7 Å². The van der Waals surface area contributed by atoms with Crippen LogP contribution in [0.15, 0.2) is 36.7 Å². The average molecular weight is 299 g/mol. The Morgan fingerprint density at radius 2 is 2.10 bits per heavy atom. The fraction of sp³-hybridized carbons (Fsp3) is 0.125. The summed E-state index contributed by atoms with van der Waals surface area (Å²) in [6, 6.07) is 8.79. The molecule has 0 amide bonds. The number of hydrogen-bond acceptors (Lipinski definition) is 4. The number of halogens is 1. The van der Waals surface area contributed by atoms with Crippen molar-refractivity contribution in [1.82, 2.24) is 4.98 Å². The van der Waals surface area contributed by atoms with Crippen LogP contribution < -0.4 is 4.74 Å². The largest absolute Gasteiger partial charge is 0.487 e. The Hall–Kier alpha value is -2.53. The Bertz CT molecular complexity index is 742. The van der Waals surface area contributed by atoms with E-state index in [1.165, 1.54) is 0 Å². The summed E-state index contributed by atoms with van der Waals surface area (Å²) in [5.74, 6) is 5.86. The van der Waals surface area contributed by atoms with Gasteiger partial charge in [-0.3, -0.25) is 4.98 Å². The topological polar surface area (TPSA) is 66.1 Å².